The number of nitrogens with zero attached hydrogens (tertiary/aromatic N) is 4. The number of anilines is 3. The van der Waals surface area contributed by atoms with Crippen LogP contribution in [0.1, 0.15) is 21.7 Å². The predicted octanol–water partition coefficient (Wildman–Crippen LogP) is 4.09. The average Bonchev–Trinajstić information content (AvgIpc) is 3.24. The third kappa shape index (κ3) is 6.14. The second kappa shape index (κ2) is 10.7. The van der Waals surface area contributed by atoms with E-state index in [4.69, 9.17) is 4.74 Å². The highest BCUT2D eigenvalue weighted by molar-refractivity contribution is 5.93. The number of methoxy groups -OCH3 is 1. The van der Waals surface area contributed by atoms with Crippen LogP contribution >= 0.6 is 0 Å². The van der Waals surface area contributed by atoms with E-state index < -0.39 is 0 Å². The molecule has 4 rings (SSSR count). The van der Waals surface area contributed by atoms with Gasteiger partial charge in [-0.15, -0.1) is 0 Å². The highest BCUT2D eigenvalue weighted by Gasteiger charge is 2.14. The molecule has 0 aliphatic heterocycles. The first-order valence-corrected chi connectivity index (χ1v) is 11.3. The second-order valence-electron chi connectivity index (χ2n) is 8.16. The monoisotopic (exact) mass is 471 g/mol. The van der Waals surface area contributed by atoms with Crippen molar-refractivity contribution in [3.8, 4) is 17.0 Å². The summed E-state index contributed by atoms with van der Waals surface area (Å²) < 4.78 is 6.85. The Kier molecular flexibility index (Phi) is 7.25. The number of carbonyl (C=O) groups is 1. The first-order valence-electron chi connectivity index (χ1n) is 11.3. The predicted molar refractivity (Wildman–Crippen MR) is 137 cm³/mol. The summed E-state index contributed by atoms with van der Waals surface area (Å²) in [5, 5.41) is 13.8. The number of nitrogens with one attached hydrogen (secondary N) is 3. The number of hydrogen-bond donors (Lipinski definition) is 3. The number of benzene rings is 2. The molecule has 0 atom stereocenters. The standard InChI is InChI=1S/C26H29N7O2/c1-17-8-10-20(11-9-17)30-24-14-18(2)29-26(31-24)28-13-12-27-25(34)23-16-22(32-33(23)3)19-6-5-7-21(15-19)35-4/h5-11,14-16H,12-13H2,1-4H3,(H,27,34)(H2,28,29,30,31). The van der Waals surface area contributed by atoms with Gasteiger partial charge in [0.25, 0.3) is 5.91 Å². The van der Waals surface area contributed by atoms with Gasteiger partial charge in [-0.05, 0) is 44.2 Å². The van der Waals surface area contributed by atoms with Crippen LogP contribution in [0.2, 0.25) is 0 Å². The molecule has 2 heterocycles. The van der Waals surface area contributed by atoms with Gasteiger partial charge in [0, 0.05) is 43.1 Å². The largest absolute Gasteiger partial charge is 0.497 e. The Morgan fingerprint density at radius 3 is 2.57 bits per heavy atom. The van der Waals surface area contributed by atoms with Crippen LogP contribution in [0.4, 0.5) is 17.5 Å². The van der Waals surface area contributed by atoms with Crippen molar-refractivity contribution in [3.63, 3.8) is 0 Å². The maximum absolute atomic E-state index is 12.7. The van der Waals surface area contributed by atoms with Crippen LogP contribution in [0, 0.1) is 13.8 Å². The molecule has 35 heavy (non-hydrogen) atoms. The van der Waals surface area contributed by atoms with Gasteiger partial charge in [-0.25, -0.2) is 4.98 Å². The zero-order chi connectivity index (χ0) is 24.8. The van der Waals surface area contributed by atoms with Crippen LogP contribution in [-0.2, 0) is 7.05 Å². The number of ether oxygens (including phenoxy) is 1. The van der Waals surface area contributed by atoms with Gasteiger partial charge in [-0.1, -0.05) is 29.8 Å². The minimum absolute atomic E-state index is 0.206. The minimum atomic E-state index is -0.206. The Balaban J connectivity index is 1.33. The van der Waals surface area contributed by atoms with Gasteiger partial charge in [0.2, 0.25) is 5.95 Å². The molecule has 9 nitrogen and oxygen atoms in total. The van der Waals surface area contributed by atoms with E-state index in [-0.39, 0.29) is 5.91 Å². The van der Waals surface area contributed by atoms with Gasteiger partial charge < -0.3 is 20.7 Å². The quantitative estimate of drug-likeness (QED) is 0.316. The molecule has 180 valence electrons. The third-order valence-electron chi connectivity index (χ3n) is 5.35. The number of rotatable bonds is 9. The van der Waals surface area contributed by atoms with E-state index in [2.05, 4.69) is 31.0 Å². The van der Waals surface area contributed by atoms with Gasteiger partial charge in [0.05, 0.1) is 12.8 Å². The zero-order valence-corrected chi connectivity index (χ0v) is 20.3. The summed E-state index contributed by atoms with van der Waals surface area (Å²) in [7, 11) is 3.37. The molecule has 2 aromatic heterocycles. The molecule has 1 amide bonds. The van der Waals surface area contributed by atoms with Gasteiger partial charge >= 0.3 is 0 Å². The van der Waals surface area contributed by atoms with Crippen LogP contribution in [0.25, 0.3) is 11.3 Å². The lowest BCUT2D eigenvalue weighted by molar-refractivity contribution is 0.0945. The van der Waals surface area contributed by atoms with Crippen LogP contribution in [0.3, 0.4) is 0 Å². The molecule has 9 heteroatoms. The average molecular weight is 472 g/mol. The van der Waals surface area contributed by atoms with E-state index >= 15 is 0 Å². The number of carbonyl (C=O) groups excluding carboxylic acids is 1. The van der Waals surface area contributed by atoms with Gasteiger partial charge in [-0.2, -0.15) is 10.1 Å². The van der Waals surface area contributed by atoms with Crippen LogP contribution in [-0.4, -0.2) is 45.9 Å². The van der Waals surface area contributed by atoms with E-state index in [0.717, 1.165) is 22.7 Å². The molecule has 0 spiro atoms. The summed E-state index contributed by atoms with van der Waals surface area (Å²) in [5.41, 5.74) is 5.04. The number of aryl methyl sites for hydroxylation is 3. The Labute approximate surface area is 204 Å². The summed E-state index contributed by atoms with van der Waals surface area (Å²) in [6, 6.07) is 19.3. The van der Waals surface area contributed by atoms with Crippen molar-refractivity contribution in [1.82, 2.24) is 25.1 Å². The Bertz CT molecular complexity index is 1320. The molecular formula is C26H29N7O2. The maximum atomic E-state index is 12.7. The first-order chi connectivity index (χ1) is 16.9. The Hall–Kier alpha value is -4.40. The van der Waals surface area contributed by atoms with Crippen LogP contribution in [0.15, 0.2) is 60.7 Å². The highest BCUT2D eigenvalue weighted by atomic mass is 16.5. The van der Waals surface area contributed by atoms with E-state index in [9.17, 15) is 4.79 Å². The molecule has 3 N–H and O–H groups in total. The van der Waals surface area contributed by atoms with Crippen molar-refractivity contribution >= 4 is 23.4 Å². The van der Waals surface area contributed by atoms with Gasteiger partial charge in [-0.3, -0.25) is 9.48 Å². The lowest BCUT2D eigenvalue weighted by Crippen LogP contribution is -2.30. The Morgan fingerprint density at radius 1 is 1.00 bits per heavy atom. The number of hydrogen-bond acceptors (Lipinski definition) is 7. The Morgan fingerprint density at radius 2 is 1.80 bits per heavy atom. The lowest BCUT2D eigenvalue weighted by atomic mass is 10.1. The smallest absolute Gasteiger partial charge is 0.269 e. The second-order valence-corrected chi connectivity index (χ2v) is 8.16. The zero-order valence-electron chi connectivity index (χ0n) is 20.3. The molecule has 2 aromatic carbocycles. The summed E-state index contributed by atoms with van der Waals surface area (Å²) in [5.74, 6) is 1.73. The SMILES string of the molecule is COc1cccc(-c2cc(C(=O)NCCNc3nc(C)cc(Nc4ccc(C)cc4)n3)n(C)n2)c1. The van der Waals surface area contributed by atoms with E-state index in [1.54, 1.807) is 24.9 Å². The molecule has 4 aromatic rings. The molecule has 0 aliphatic rings. The summed E-state index contributed by atoms with van der Waals surface area (Å²) in [4.78, 5) is 21.7. The van der Waals surface area contributed by atoms with Crippen molar-refractivity contribution < 1.29 is 9.53 Å². The van der Waals surface area contributed by atoms with Crippen molar-refractivity contribution in [2.75, 3.05) is 30.8 Å². The molecule has 0 radical (unpaired) electrons. The van der Waals surface area contributed by atoms with E-state index in [1.807, 2.05) is 68.4 Å². The molecule has 0 saturated heterocycles. The normalized spacial score (nSPS) is 10.6. The third-order valence-corrected chi connectivity index (χ3v) is 5.35. The molecule has 0 bridgehead atoms. The van der Waals surface area contributed by atoms with Crippen molar-refractivity contribution in [3.05, 3.63) is 77.6 Å². The van der Waals surface area contributed by atoms with Crippen LogP contribution in [0.5, 0.6) is 5.75 Å². The molecule has 0 fully saturated rings. The lowest BCUT2D eigenvalue weighted by Gasteiger charge is -2.11. The van der Waals surface area contributed by atoms with Crippen molar-refractivity contribution in [2.45, 2.75) is 13.8 Å². The number of aromatic nitrogens is 4. The fourth-order valence-corrected chi connectivity index (χ4v) is 3.54. The van der Waals surface area contributed by atoms with Gasteiger partial charge in [0.15, 0.2) is 0 Å². The molecule has 0 saturated carbocycles. The summed E-state index contributed by atoms with van der Waals surface area (Å²) in [6.45, 7) is 4.83. The summed E-state index contributed by atoms with van der Waals surface area (Å²) >= 11 is 0. The highest BCUT2D eigenvalue weighted by Crippen LogP contribution is 2.23. The van der Waals surface area contributed by atoms with Crippen LogP contribution < -0.4 is 20.7 Å². The molecular weight excluding hydrogens is 442 g/mol. The minimum Gasteiger partial charge on any atom is -0.497 e. The fourth-order valence-electron chi connectivity index (χ4n) is 3.54. The van der Waals surface area contributed by atoms with Gasteiger partial charge in [0.1, 0.15) is 17.3 Å². The van der Waals surface area contributed by atoms with E-state index in [0.29, 0.717) is 36.2 Å². The fraction of sp³-hybridized carbons (Fsp3) is 0.231. The molecule has 0 aliphatic carbocycles. The van der Waals surface area contributed by atoms with Crippen molar-refractivity contribution in [1.29, 1.82) is 0 Å². The maximum Gasteiger partial charge on any atom is 0.269 e. The first kappa shape index (κ1) is 23.7. The van der Waals surface area contributed by atoms with Crippen molar-refractivity contribution in [2.24, 2.45) is 7.05 Å². The number of amides is 1. The molecule has 0 unspecified atom stereocenters. The topological polar surface area (TPSA) is 106 Å². The summed E-state index contributed by atoms with van der Waals surface area (Å²) in [6.07, 6.45) is 0. The van der Waals surface area contributed by atoms with E-state index in [1.165, 1.54) is 5.56 Å².